The number of rotatable bonds is 64. The molecule has 0 fully saturated rings. The smallest absolute Gasteiger partial charge is 0.305 e. The second-order valence-corrected chi connectivity index (χ2v) is 23.5. The van der Waals surface area contributed by atoms with Crippen LogP contribution in [0.4, 0.5) is 0 Å². The Morgan fingerprint density at radius 3 is 1.00 bits per heavy atom. The van der Waals surface area contributed by atoms with Gasteiger partial charge in [-0.1, -0.05) is 312 Å². The average molecular weight is 1090 g/mol. The lowest BCUT2D eigenvalue weighted by atomic mass is 10.0. The zero-order valence-corrected chi connectivity index (χ0v) is 52.1. The highest BCUT2D eigenvalue weighted by molar-refractivity contribution is 5.76. The van der Waals surface area contributed by atoms with Gasteiger partial charge >= 0.3 is 5.97 Å². The van der Waals surface area contributed by atoms with Crippen LogP contribution < -0.4 is 5.32 Å². The zero-order chi connectivity index (χ0) is 56.4. The van der Waals surface area contributed by atoms with Gasteiger partial charge in [0.1, 0.15) is 0 Å². The third-order valence-corrected chi connectivity index (χ3v) is 15.8. The van der Waals surface area contributed by atoms with Gasteiger partial charge in [0.15, 0.2) is 0 Å². The molecule has 0 aromatic heterocycles. The summed E-state index contributed by atoms with van der Waals surface area (Å²) < 4.78 is 5.49. The van der Waals surface area contributed by atoms with Gasteiger partial charge in [-0.2, -0.15) is 0 Å². The summed E-state index contributed by atoms with van der Waals surface area (Å²) in [6, 6.07) is -0.630. The van der Waals surface area contributed by atoms with Gasteiger partial charge in [0.25, 0.3) is 0 Å². The second-order valence-electron chi connectivity index (χ2n) is 23.5. The lowest BCUT2D eigenvalue weighted by Crippen LogP contribution is -2.45. The minimum absolute atomic E-state index is 0.00366. The molecule has 0 bridgehead atoms. The number of hydrogen-bond donors (Lipinski definition) is 3. The number of allylic oxidation sites excluding steroid dienone is 9. The van der Waals surface area contributed by atoms with Crippen molar-refractivity contribution in [3.63, 3.8) is 0 Å². The van der Waals surface area contributed by atoms with Crippen LogP contribution in [-0.2, 0) is 14.3 Å². The molecule has 3 N–H and O–H groups in total. The first-order valence-corrected chi connectivity index (χ1v) is 34.6. The minimum Gasteiger partial charge on any atom is -0.466 e. The Morgan fingerprint density at radius 2 is 0.641 bits per heavy atom. The van der Waals surface area contributed by atoms with Crippen molar-refractivity contribution in [1.82, 2.24) is 5.32 Å². The van der Waals surface area contributed by atoms with Crippen molar-refractivity contribution in [2.75, 3.05) is 13.2 Å². The van der Waals surface area contributed by atoms with Crippen molar-refractivity contribution in [1.29, 1.82) is 0 Å². The van der Waals surface area contributed by atoms with Crippen LogP contribution in [0, 0.1) is 0 Å². The van der Waals surface area contributed by atoms with Crippen LogP contribution in [0.2, 0.25) is 0 Å². The highest BCUT2D eigenvalue weighted by atomic mass is 16.5. The molecule has 0 heterocycles. The fourth-order valence-corrected chi connectivity index (χ4v) is 10.5. The molecule has 6 heteroatoms. The van der Waals surface area contributed by atoms with Crippen LogP contribution in [0.3, 0.4) is 0 Å². The lowest BCUT2D eigenvalue weighted by molar-refractivity contribution is -0.143. The highest BCUT2D eigenvalue weighted by Crippen LogP contribution is 2.17. The first kappa shape index (κ1) is 75.6. The summed E-state index contributed by atoms with van der Waals surface area (Å²) in [6.07, 6.45) is 88.6. The van der Waals surface area contributed by atoms with E-state index in [0.29, 0.717) is 19.4 Å². The van der Waals surface area contributed by atoms with Crippen LogP contribution in [0.25, 0.3) is 0 Å². The summed E-state index contributed by atoms with van der Waals surface area (Å²) in [5.74, 6) is -0.0643. The Balaban J connectivity index is 3.42. The summed E-state index contributed by atoms with van der Waals surface area (Å²) >= 11 is 0. The van der Waals surface area contributed by atoms with Gasteiger partial charge < -0.3 is 20.3 Å². The van der Waals surface area contributed by atoms with E-state index in [-0.39, 0.29) is 18.5 Å². The van der Waals surface area contributed by atoms with Crippen molar-refractivity contribution in [3.8, 4) is 0 Å². The van der Waals surface area contributed by atoms with Crippen LogP contribution in [0.5, 0.6) is 0 Å². The first-order valence-electron chi connectivity index (χ1n) is 34.6. The largest absolute Gasteiger partial charge is 0.466 e. The Labute approximate surface area is 486 Å². The van der Waals surface area contributed by atoms with Gasteiger partial charge in [-0.15, -0.1) is 0 Å². The normalized spacial score (nSPS) is 12.9. The fourth-order valence-electron chi connectivity index (χ4n) is 10.5. The Kier molecular flexibility index (Phi) is 65.0. The van der Waals surface area contributed by atoms with Crippen molar-refractivity contribution < 1.29 is 24.5 Å². The number of nitrogens with one attached hydrogen (secondary N) is 1. The molecule has 0 aliphatic carbocycles. The van der Waals surface area contributed by atoms with E-state index in [1.807, 2.05) is 6.08 Å². The Morgan fingerprint density at radius 1 is 0.359 bits per heavy atom. The number of hydrogen-bond acceptors (Lipinski definition) is 5. The predicted molar refractivity (Wildman–Crippen MR) is 342 cm³/mol. The van der Waals surface area contributed by atoms with Crippen molar-refractivity contribution in [3.05, 3.63) is 60.8 Å². The average Bonchev–Trinajstić information content (AvgIpc) is 3.44. The number of carbonyl (C=O) groups excluding carboxylic acids is 2. The van der Waals surface area contributed by atoms with Crippen LogP contribution in [0.1, 0.15) is 361 Å². The molecule has 78 heavy (non-hydrogen) atoms. The monoisotopic (exact) mass is 1090 g/mol. The van der Waals surface area contributed by atoms with Crippen LogP contribution in [0.15, 0.2) is 60.8 Å². The number of carbonyl (C=O) groups is 2. The van der Waals surface area contributed by atoms with E-state index in [1.165, 1.54) is 276 Å². The lowest BCUT2D eigenvalue weighted by Gasteiger charge is -2.20. The molecular formula is C72H133NO5. The molecule has 0 saturated heterocycles. The molecule has 0 aromatic carbocycles. The maximum absolute atomic E-state index is 12.5. The first-order chi connectivity index (χ1) is 38.5. The van der Waals surface area contributed by atoms with Crippen molar-refractivity contribution in [2.45, 2.75) is 373 Å². The molecule has 0 aromatic rings. The number of aliphatic hydroxyl groups is 2. The van der Waals surface area contributed by atoms with E-state index in [2.05, 4.69) is 67.8 Å². The molecule has 0 rings (SSSR count). The topological polar surface area (TPSA) is 95.9 Å². The highest BCUT2D eigenvalue weighted by Gasteiger charge is 2.18. The molecular weight excluding hydrogens is 959 g/mol. The van der Waals surface area contributed by atoms with Gasteiger partial charge in [0, 0.05) is 12.8 Å². The number of esters is 1. The molecule has 0 spiro atoms. The van der Waals surface area contributed by atoms with Crippen LogP contribution in [-0.4, -0.2) is 47.4 Å². The summed E-state index contributed by atoms with van der Waals surface area (Å²) in [6.45, 7) is 4.89. The standard InChI is InChI=1S/C72H133NO5/c1-3-5-7-9-11-13-15-17-19-33-38-42-46-50-54-58-62-66-72(77)78-67-63-59-55-51-47-43-39-35-32-30-28-26-24-22-20-21-23-25-27-29-31-34-37-41-45-49-53-57-61-65-71(76)73-69(68-74)70(75)64-60-56-52-48-44-40-36-18-16-14-12-10-8-6-4-2/h11,13,17,19-20,22,26,28,60,64,69-70,74-75H,3-10,12,14-16,18,21,23-25,27,29-59,61-63,65-68H2,1-2H3,(H,73,76)/b13-11-,19-17-,22-20-,28-26-,64-60+. The minimum atomic E-state index is -0.846. The summed E-state index contributed by atoms with van der Waals surface area (Å²) in [5, 5.41) is 23.2. The Bertz CT molecular complexity index is 1350. The molecule has 2 unspecified atom stereocenters. The molecule has 1 amide bonds. The molecule has 2 atom stereocenters. The Hall–Kier alpha value is -2.44. The van der Waals surface area contributed by atoms with Gasteiger partial charge in [-0.3, -0.25) is 9.59 Å². The van der Waals surface area contributed by atoms with Gasteiger partial charge in [-0.05, 0) is 96.3 Å². The van der Waals surface area contributed by atoms with E-state index < -0.39 is 12.1 Å². The number of unbranched alkanes of at least 4 members (excludes halogenated alkanes) is 45. The van der Waals surface area contributed by atoms with E-state index in [0.717, 1.165) is 57.8 Å². The van der Waals surface area contributed by atoms with E-state index in [1.54, 1.807) is 6.08 Å². The van der Waals surface area contributed by atoms with Gasteiger partial charge in [0.2, 0.25) is 5.91 Å². The quantitative estimate of drug-likeness (QED) is 0.0320. The molecule has 0 saturated carbocycles. The van der Waals surface area contributed by atoms with Crippen molar-refractivity contribution >= 4 is 11.9 Å². The number of aliphatic hydroxyl groups excluding tert-OH is 2. The second kappa shape index (κ2) is 67.1. The predicted octanol–water partition coefficient (Wildman–Crippen LogP) is 22.3. The van der Waals surface area contributed by atoms with Gasteiger partial charge in [0.05, 0.1) is 25.4 Å². The number of ether oxygens (including phenoxy) is 1. The molecule has 6 nitrogen and oxygen atoms in total. The number of amides is 1. The van der Waals surface area contributed by atoms with E-state index >= 15 is 0 Å². The van der Waals surface area contributed by atoms with E-state index in [4.69, 9.17) is 4.74 Å². The summed E-state index contributed by atoms with van der Waals surface area (Å²) in [4.78, 5) is 24.6. The van der Waals surface area contributed by atoms with E-state index in [9.17, 15) is 19.8 Å². The molecule has 0 radical (unpaired) electrons. The SMILES string of the molecule is CCCCC/C=C\C/C=C\CCCCCCCCCC(=O)OCCCCCCCCCCC/C=C\C/C=C\CCCCCCCCCCCCCCCC(=O)NC(CO)C(O)/C=C/CCCCCCCCCCCCCCC. The molecule has 456 valence electrons. The maximum Gasteiger partial charge on any atom is 0.305 e. The third-order valence-electron chi connectivity index (χ3n) is 15.8. The molecule has 0 aliphatic heterocycles. The van der Waals surface area contributed by atoms with Crippen molar-refractivity contribution in [2.24, 2.45) is 0 Å². The van der Waals surface area contributed by atoms with Gasteiger partial charge in [-0.25, -0.2) is 0 Å². The third kappa shape index (κ3) is 62.8. The summed E-state index contributed by atoms with van der Waals surface area (Å²) in [5.41, 5.74) is 0. The maximum atomic E-state index is 12.5. The fraction of sp³-hybridized carbons (Fsp3) is 0.833. The molecule has 0 aliphatic rings. The van der Waals surface area contributed by atoms with Crippen LogP contribution >= 0.6 is 0 Å². The zero-order valence-electron chi connectivity index (χ0n) is 52.1. The summed E-state index contributed by atoms with van der Waals surface area (Å²) in [7, 11) is 0.